The molecule has 0 atom stereocenters. The van der Waals surface area contributed by atoms with Gasteiger partial charge < -0.3 is 14.5 Å². The smallest absolute Gasteiger partial charge is 0.257 e. The Morgan fingerprint density at radius 1 is 1.24 bits per heavy atom. The lowest BCUT2D eigenvalue weighted by atomic mass is 9.99. The first-order valence-electron chi connectivity index (χ1n) is 8.71. The summed E-state index contributed by atoms with van der Waals surface area (Å²) >= 11 is 0. The van der Waals surface area contributed by atoms with Gasteiger partial charge in [-0.3, -0.25) is 9.69 Å². The fourth-order valence-corrected chi connectivity index (χ4v) is 3.07. The average Bonchev–Trinajstić information content (AvgIpc) is 3.00. The van der Waals surface area contributed by atoms with Gasteiger partial charge in [-0.15, -0.1) is 0 Å². The minimum atomic E-state index is -0.102. The number of aromatic hydroxyl groups is 1. The van der Waals surface area contributed by atoms with Crippen LogP contribution in [0.2, 0.25) is 0 Å². The van der Waals surface area contributed by atoms with Crippen LogP contribution in [0.5, 0.6) is 5.75 Å². The van der Waals surface area contributed by atoms with E-state index in [0.717, 1.165) is 30.1 Å². The minimum Gasteiger partial charge on any atom is -0.507 e. The molecule has 6 heteroatoms. The number of hydrogen-bond acceptors (Lipinski definition) is 5. The highest BCUT2D eigenvalue weighted by molar-refractivity contribution is 5.97. The molecule has 1 aromatic carbocycles. The van der Waals surface area contributed by atoms with Crippen LogP contribution in [0.4, 0.5) is 0 Å². The lowest BCUT2D eigenvalue weighted by Gasteiger charge is -2.34. The van der Waals surface area contributed by atoms with Crippen LogP contribution in [0.3, 0.4) is 0 Å². The minimum absolute atomic E-state index is 0.0500. The predicted octanol–water partition coefficient (Wildman–Crippen LogP) is 2.77. The molecule has 1 saturated heterocycles. The quantitative estimate of drug-likeness (QED) is 0.924. The first kappa shape index (κ1) is 17.5. The molecule has 0 bridgehead atoms. The maximum atomic E-state index is 12.8. The van der Waals surface area contributed by atoms with Crippen molar-refractivity contribution in [2.75, 3.05) is 26.2 Å². The molecule has 2 heterocycles. The summed E-state index contributed by atoms with van der Waals surface area (Å²) in [7, 11) is 0. The van der Waals surface area contributed by atoms with Crippen molar-refractivity contribution in [1.82, 2.24) is 15.0 Å². The largest absolute Gasteiger partial charge is 0.507 e. The van der Waals surface area contributed by atoms with Gasteiger partial charge in [-0.2, -0.15) is 0 Å². The van der Waals surface area contributed by atoms with Gasteiger partial charge >= 0.3 is 0 Å². The van der Waals surface area contributed by atoms with Crippen molar-refractivity contribution in [2.24, 2.45) is 0 Å². The monoisotopic (exact) mass is 343 g/mol. The second kappa shape index (κ2) is 7.27. The summed E-state index contributed by atoms with van der Waals surface area (Å²) in [5.41, 5.74) is 2.33. The highest BCUT2D eigenvalue weighted by Gasteiger charge is 2.25. The summed E-state index contributed by atoms with van der Waals surface area (Å²) in [5, 5.41) is 14.0. The third-order valence-electron chi connectivity index (χ3n) is 4.63. The fourth-order valence-electron chi connectivity index (χ4n) is 3.07. The number of aryl methyl sites for hydroxylation is 1. The molecule has 1 aliphatic heterocycles. The van der Waals surface area contributed by atoms with E-state index in [1.165, 1.54) is 0 Å². The Kier molecular flexibility index (Phi) is 5.08. The number of nitrogens with zero attached hydrogens (tertiary/aromatic N) is 3. The Bertz CT molecular complexity index is 746. The molecule has 2 aromatic rings. The van der Waals surface area contributed by atoms with Crippen LogP contribution in [-0.4, -0.2) is 52.1 Å². The number of piperazine rings is 1. The topological polar surface area (TPSA) is 69.8 Å². The summed E-state index contributed by atoms with van der Waals surface area (Å²) in [4.78, 5) is 16.8. The van der Waals surface area contributed by atoms with Crippen molar-refractivity contribution in [3.63, 3.8) is 0 Å². The first-order chi connectivity index (χ1) is 11.9. The second-order valence-corrected chi connectivity index (χ2v) is 6.93. The molecule has 1 amide bonds. The van der Waals surface area contributed by atoms with Crippen LogP contribution in [0, 0.1) is 6.92 Å². The molecule has 6 nitrogen and oxygen atoms in total. The number of rotatable bonds is 4. The number of amides is 1. The van der Waals surface area contributed by atoms with E-state index in [9.17, 15) is 9.90 Å². The average molecular weight is 343 g/mol. The third-order valence-corrected chi connectivity index (χ3v) is 4.63. The summed E-state index contributed by atoms with van der Waals surface area (Å²) in [6.07, 6.45) is 0. The second-order valence-electron chi connectivity index (χ2n) is 6.93. The number of carbonyl (C=O) groups excluding carboxylic acids is 1. The SMILES string of the molecule is Cc1cc(CN2CCN(C(=O)c3cc(C(C)C)ccc3O)CC2)on1. The Labute approximate surface area is 148 Å². The summed E-state index contributed by atoms with van der Waals surface area (Å²) < 4.78 is 5.26. The Morgan fingerprint density at radius 3 is 2.56 bits per heavy atom. The highest BCUT2D eigenvalue weighted by atomic mass is 16.5. The van der Waals surface area contributed by atoms with Crippen molar-refractivity contribution >= 4 is 5.91 Å². The standard InChI is InChI=1S/C19H25N3O3/c1-13(2)15-4-5-18(23)17(11-15)19(24)22-8-6-21(7-9-22)12-16-10-14(3)20-25-16/h4-5,10-11,13,23H,6-9,12H2,1-3H3. The first-order valence-corrected chi connectivity index (χ1v) is 8.71. The number of phenols is 1. The molecule has 3 rings (SSSR count). The fraction of sp³-hybridized carbons (Fsp3) is 0.474. The summed E-state index contributed by atoms with van der Waals surface area (Å²) in [5.74, 6) is 1.11. The molecular weight excluding hydrogens is 318 g/mol. The Morgan fingerprint density at radius 2 is 1.96 bits per heavy atom. The zero-order valence-corrected chi connectivity index (χ0v) is 15.0. The summed E-state index contributed by atoms with van der Waals surface area (Å²) in [6, 6.07) is 7.23. The molecular formula is C19H25N3O3. The molecule has 0 radical (unpaired) electrons. The predicted molar refractivity (Wildman–Crippen MR) is 94.6 cm³/mol. The van der Waals surface area contributed by atoms with E-state index in [4.69, 9.17) is 4.52 Å². The summed E-state index contributed by atoms with van der Waals surface area (Å²) in [6.45, 7) is 9.58. The lowest BCUT2D eigenvalue weighted by molar-refractivity contribution is 0.0614. The Hall–Kier alpha value is -2.34. The normalized spacial score (nSPS) is 15.8. The van der Waals surface area contributed by atoms with Crippen LogP contribution in [0.25, 0.3) is 0 Å². The van der Waals surface area contributed by atoms with Crippen LogP contribution in [0.15, 0.2) is 28.8 Å². The third kappa shape index (κ3) is 4.02. The molecule has 0 aliphatic carbocycles. The highest BCUT2D eigenvalue weighted by Crippen LogP contribution is 2.25. The van der Waals surface area contributed by atoms with Gasteiger partial charge in [-0.1, -0.05) is 25.1 Å². The number of benzene rings is 1. The number of phenolic OH excluding ortho intramolecular Hbond substituents is 1. The van der Waals surface area contributed by atoms with E-state index in [2.05, 4.69) is 23.9 Å². The van der Waals surface area contributed by atoms with E-state index < -0.39 is 0 Å². The maximum Gasteiger partial charge on any atom is 0.257 e. The van der Waals surface area contributed by atoms with E-state index in [0.29, 0.717) is 31.1 Å². The number of carbonyl (C=O) groups is 1. The van der Waals surface area contributed by atoms with Crippen molar-refractivity contribution in [2.45, 2.75) is 33.2 Å². The molecule has 1 aromatic heterocycles. The molecule has 0 saturated carbocycles. The van der Waals surface area contributed by atoms with Crippen molar-refractivity contribution < 1.29 is 14.4 Å². The van der Waals surface area contributed by atoms with Crippen LogP contribution >= 0.6 is 0 Å². The van der Waals surface area contributed by atoms with Gasteiger partial charge in [0.2, 0.25) is 0 Å². The molecule has 1 N–H and O–H groups in total. The van der Waals surface area contributed by atoms with E-state index in [1.807, 2.05) is 25.1 Å². The van der Waals surface area contributed by atoms with Gasteiger partial charge in [-0.05, 0) is 30.5 Å². The van der Waals surface area contributed by atoms with Gasteiger partial charge in [-0.25, -0.2) is 0 Å². The molecule has 25 heavy (non-hydrogen) atoms. The van der Waals surface area contributed by atoms with Gasteiger partial charge in [0.1, 0.15) is 5.75 Å². The van der Waals surface area contributed by atoms with Gasteiger partial charge in [0.15, 0.2) is 5.76 Å². The molecule has 0 unspecified atom stereocenters. The van der Waals surface area contributed by atoms with Gasteiger partial charge in [0, 0.05) is 32.2 Å². The van der Waals surface area contributed by atoms with Crippen molar-refractivity contribution in [3.05, 3.63) is 46.8 Å². The van der Waals surface area contributed by atoms with E-state index in [-0.39, 0.29) is 11.7 Å². The van der Waals surface area contributed by atoms with Gasteiger partial charge in [0.25, 0.3) is 5.91 Å². The van der Waals surface area contributed by atoms with Crippen LogP contribution < -0.4 is 0 Å². The zero-order valence-electron chi connectivity index (χ0n) is 15.0. The van der Waals surface area contributed by atoms with E-state index >= 15 is 0 Å². The van der Waals surface area contributed by atoms with Crippen molar-refractivity contribution in [1.29, 1.82) is 0 Å². The molecule has 1 aliphatic rings. The van der Waals surface area contributed by atoms with E-state index in [1.54, 1.807) is 11.0 Å². The molecule has 1 fully saturated rings. The van der Waals surface area contributed by atoms with Gasteiger partial charge in [0.05, 0.1) is 17.8 Å². The lowest BCUT2D eigenvalue weighted by Crippen LogP contribution is -2.48. The maximum absolute atomic E-state index is 12.8. The van der Waals surface area contributed by atoms with Crippen LogP contribution in [-0.2, 0) is 6.54 Å². The molecule has 0 spiro atoms. The zero-order chi connectivity index (χ0) is 18.0. The number of aromatic nitrogens is 1. The van der Waals surface area contributed by atoms with Crippen LogP contribution in [0.1, 0.15) is 47.1 Å². The van der Waals surface area contributed by atoms with Crippen molar-refractivity contribution in [3.8, 4) is 5.75 Å². The Balaban J connectivity index is 1.62. The molecule has 134 valence electrons. The number of hydrogen-bond donors (Lipinski definition) is 1.